The minimum Gasteiger partial charge on any atom is -0.481 e. The largest absolute Gasteiger partial charge is 0.481 e. The van der Waals surface area contributed by atoms with Crippen molar-refractivity contribution in [3.8, 4) is 0 Å². The molecule has 1 saturated heterocycles. The Kier molecular flexibility index (Phi) is 6.80. The number of aliphatic carboxylic acids is 1. The Morgan fingerprint density at radius 2 is 2.00 bits per heavy atom. The molecule has 2 N–H and O–H groups in total. The van der Waals surface area contributed by atoms with Crippen LogP contribution in [0.4, 0.5) is 0 Å². The van der Waals surface area contributed by atoms with Gasteiger partial charge in [0.1, 0.15) is 0 Å². The number of likely N-dealkylation sites (tertiary alicyclic amines) is 1. The maximum absolute atomic E-state index is 11.8. The summed E-state index contributed by atoms with van der Waals surface area (Å²) in [6.45, 7) is 6.55. The van der Waals surface area contributed by atoms with Gasteiger partial charge >= 0.3 is 5.97 Å². The van der Waals surface area contributed by atoms with E-state index < -0.39 is 5.97 Å². The van der Waals surface area contributed by atoms with E-state index in [0.717, 1.165) is 0 Å². The molecule has 1 fully saturated rings. The van der Waals surface area contributed by atoms with E-state index in [1.807, 2.05) is 13.8 Å². The number of carbonyl (C=O) groups is 2. The maximum Gasteiger partial charge on any atom is 0.306 e. The van der Waals surface area contributed by atoms with Crippen LogP contribution in [0.2, 0.25) is 0 Å². The first-order valence-corrected chi connectivity index (χ1v) is 6.83. The highest BCUT2D eigenvalue weighted by atomic mass is 16.5. The van der Waals surface area contributed by atoms with Gasteiger partial charge in [0.15, 0.2) is 0 Å². The lowest BCUT2D eigenvalue weighted by Crippen LogP contribution is -2.44. The second-order valence-corrected chi connectivity index (χ2v) is 5.09. The summed E-state index contributed by atoms with van der Waals surface area (Å²) < 4.78 is 5.36. The predicted octanol–water partition coefficient (Wildman–Crippen LogP) is 0.324. The molecule has 0 spiro atoms. The van der Waals surface area contributed by atoms with E-state index in [9.17, 15) is 9.59 Å². The Hall–Kier alpha value is -1.14. The summed E-state index contributed by atoms with van der Waals surface area (Å²) in [5.41, 5.74) is 0. The Bertz CT molecular complexity index is 299. The summed E-state index contributed by atoms with van der Waals surface area (Å²) in [4.78, 5) is 24.4. The fourth-order valence-corrected chi connectivity index (χ4v) is 2.05. The first-order valence-electron chi connectivity index (χ1n) is 6.83. The number of ether oxygens (including phenoxy) is 1. The summed E-state index contributed by atoms with van der Waals surface area (Å²) in [6.07, 6.45) is 1.31. The minimum absolute atomic E-state index is 0.0355. The van der Waals surface area contributed by atoms with Crippen LogP contribution in [0.25, 0.3) is 0 Å². The molecule has 1 aliphatic rings. The van der Waals surface area contributed by atoms with Gasteiger partial charge in [0, 0.05) is 19.6 Å². The van der Waals surface area contributed by atoms with E-state index in [4.69, 9.17) is 9.84 Å². The molecule has 0 radical (unpaired) electrons. The average molecular weight is 272 g/mol. The fourth-order valence-electron chi connectivity index (χ4n) is 2.05. The molecule has 1 aliphatic heterocycles. The Labute approximate surface area is 114 Å². The summed E-state index contributed by atoms with van der Waals surface area (Å²) in [7, 11) is 0. The Morgan fingerprint density at radius 1 is 1.37 bits per heavy atom. The average Bonchev–Trinajstić information content (AvgIpc) is 2.37. The van der Waals surface area contributed by atoms with Crippen molar-refractivity contribution in [3.05, 3.63) is 0 Å². The van der Waals surface area contributed by atoms with Crippen molar-refractivity contribution in [2.24, 2.45) is 5.92 Å². The standard InChI is InChI=1S/C13H24N2O4/c1-10(2)19-8-5-14-9-12(16)15-6-3-11(4-7-15)13(17)18/h10-11,14H,3-9H2,1-2H3,(H,17,18). The third-order valence-corrected chi connectivity index (χ3v) is 3.20. The normalized spacial score (nSPS) is 16.9. The second-order valence-electron chi connectivity index (χ2n) is 5.09. The minimum atomic E-state index is -0.754. The Balaban J connectivity index is 2.12. The van der Waals surface area contributed by atoms with E-state index in [1.54, 1.807) is 4.90 Å². The lowest BCUT2D eigenvalue weighted by atomic mass is 9.97. The zero-order chi connectivity index (χ0) is 14.3. The number of carboxylic acids is 1. The van der Waals surface area contributed by atoms with Gasteiger partial charge in [-0.3, -0.25) is 9.59 Å². The van der Waals surface area contributed by atoms with Crippen molar-refractivity contribution in [2.75, 3.05) is 32.8 Å². The molecule has 1 amide bonds. The van der Waals surface area contributed by atoms with Crippen LogP contribution < -0.4 is 5.32 Å². The van der Waals surface area contributed by atoms with E-state index in [0.29, 0.717) is 45.6 Å². The van der Waals surface area contributed by atoms with Gasteiger partial charge in [-0.25, -0.2) is 0 Å². The van der Waals surface area contributed by atoms with Crippen molar-refractivity contribution < 1.29 is 19.4 Å². The van der Waals surface area contributed by atoms with Crippen LogP contribution in [-0.2, 0) is 14.3 Å². The van der Waals surface area contributed by atoms with Crippen molar-refractivity contribution in [1.82, 2.24) is 10.2 Å². The first-order chi connectivity index (χ1) is 9.00. The molecule has 0 aromatic rings. The number of hydrogen-bond acceptors (Lipinski definition) is 4. The van der Waals surface area contributed by atoms with Gasteiger partial charge in [0.25, 0.3) is 0 Å². The lowest BCUT2D eigenvalue weighted by Gasteiger charge is -2.30. The predicted molar refractivity (Wildman–Crippen MR) is 70.9 cm³/mol. The molecule has 0 aromatic carbocycles. The molecule has 1 heterocycles. The van der Waals surface area contributed by atoms with Crippen LogP contribution in [-0.4, -0.2) is 60.8 Å². The smallest absolute Gasteiger partial charge is 0.306 e. The summed E-state index contributed by atoms with van der Waals surface area (Å²) in [5, 5.41) is 11.9. The Morgan fingerprint density at radius 3 is 2.53 bits per heavy atom. The molecule has 0 bridgehead atoms. The van der Waals surface area contributed by atoms with Gasteiger partial charge in [-0.2, -0.15) is 0 Å². The van der Waals surface area contributed by atoms with Crippen molar-refractivity contribution in [3.63, 3.8) is 0 Å². The molecule has 0 atom stereocenters. The van der Waals surface area contributed by atoms with Gasteiger partial charge in [-0.1, -0.05) is 0 Å². The highest BCUT2D eigenvalue weighted by Gasteiger charge is 2.26. The van der Waals surface area contributed by atoms with E-state index in [2.05, 4.69) is 5.32 Å². The molecule has 0 saturated carbocycles. The van der Waals surface area contributed by atoms with Crippen molar-refractivity contribution >= 4 is 11.9 Å². The number of nitrogens with one attached hydrogen (secondary N) is 1. The van der Waals surface area contributed by atoms with Crippen LogP contribution in [0.1, 0.15) is 26.7 Å². The van der Waals surface area contributed by atoms with Crippen LogP contribution in [0.5, 0.6) is 0 Å². The second kappa shape index (κ2) is 8.12. The molecule has 110 valence electrons. The summed E-state index contributed by atoms with van der Waals surface area (Å²) >= 11 is 0. The number of piperidine rings is 1. The number of amides is 1. The third kappa shape index (κ3) is 6.02. The lowest BCUT2D eigenvalue weighted by molar-refractivity contribution is -0.145. The molecule has 0 unspecified atom stereocenters. The zero-order valence-corrected chi connectivity index (χ0v) is 11.7. The summed E-state index contributed by atoms with van der Waals surface area (Å²) in [5.74, 6) is -1.01. The molecule has 6 heteroatoms. The molecule has 0 aromatic heterocycles. The molecular weight excluding hydrogens is 248 g/mol. The topological polar surface area (TPSA) is 78.9 Å². The van der Waals surface area contributed by atoms with Crippen LogP contribution in [0.15, 0.2) is 0 Å². The summed E-state index contributed by atoms with van der Waals surface area (Å²) in [6, 6.07) is 0. The number of carbonyl (C=O) groups excluding carboxylic acids is 1. The van der Waals surface area contributed by atoms with E-state index >= 15 is 0 Å². The van der Waals surface area contributed by atoms with Gasteiger partial charge in [0.05, 0.1) is 25.2 Å². The van der Waals surface area contributed by atoms with E-state index in [1.165, 1.54) is 0 Å². The molecule has 1 rings (SSSR count). The number of carboxylic acid groups (broad SMARTS) is 1. The third-order valence-electron chi connectivity index (χ3n) is 3.20. The first kappa shape index (κ1) is 15.9. The van der Waals surface area contributed by atoms with Crippen molar-refractivity contribution in [2.45, 2.75) is 32.8 Å². The van der Waals surface area contributed by atoms with Crippen LogP contribution in [0.3, 0.4) is 0 Å². The molecule has 6 nitrogen and oxygen atoms in total. The zero-order valence-electron chi connectivity index (χ0n) is 11.7. The maximum atomic E-state index is 11.8. The number of nitrogens with zero attached hydrogens (tertiary/aromatic N) is 1. The molecule has 19 heavy (non-hydrogen) atoms. The van der Waals surface area contributed by atoms with Gasteiger partial charge < -0.3 is 20.1 Å². The molecule has 0 aliphatic carbocycles. The SMILES string of the molecule is CC(C)OCCNCC(=O)N1CCC(C(=O)O)CC1. The van der Waals surface area contributed by atoms with Crippen LogP contribution in [0, 0.1) is 5.92 Å². The highest BCUT2D eigenvalue weighted by Crippen LogP contribution is 2.16. The highest BCUT2D eigenvalue weighted by molar-refractivity contribution is 5.78. The van der Waals surface area contributed by atoms with Gasteiger partial charge in [-0.05, 0) is 26.7 Å². The monoisotopic (exact) mass is 272 g/mol. The van der Waals surface area contributed by atoms with Crippen LogP contribution >= 0.6 is 0 Å². The number of hydrogen-bond donors (Lipinski definition) is 2. The van der Waals surface area contributed by atoms with Gasteiger partial charge in [0.2, 0.25) is 5.91 Å². The quantitative estimate of drug-likeness (QED) is 0.653. The molecular formula is C13H24N2O4. The number of rotatable bonds is 7. The van der Waals surface area contributed by atoms with E-state index in [-0.39, 0.29) is 17.9 Å². The van der Waals surface area contributed by atoms with Crippen molar-refractivity contribution in [1.29, 1.82) is 0 Å². The fraction of sp³-hybridized carbons (Fsp3) is 0.846. The van der Waals surface area contributed by atoms with Gasteiger partial charge in [-0.15, -0.1) is 0 Å².